The summed E-state index contributed by atoms with van der Waals surface area (Å²) in [5.74, 6) is 4.26. The van der Waals surface area contributed by atoms with Crippen molar-refractivity contribution in [3.05, 3.63) is 47.4 Å². The van der Waals surface area contributed by atoms with Gasteiger partial charge >= 0.3 is 0 Å². The normalized spacial score (nSPS) is 10.2. The summed E-state index contributed by atoms with van der Waals surface area (Å²) in [6.07, 6.45) is 6.94. The van der Waals surface area contributed by atoms with Crippen LogP contribution in [0.3, 0.4) is 0 Å². The first-order valence-corrected chi connectivity index (χ1v) is 6.07. The molecular formula is C15H17N3. The van der Waals surface area contributed by atoms with Gasteiger partial charge in [-0.3, -0.25) is 0 Å². The number of nitrogens with zero attached hydrogens (tertiary/aromatic N) is 2. The van der Waals surface area contributed by atoms with E-state index in [1.54, 1.807) is 0 Å². The van der Waals surface area contributed by atoms with E-state index in [1.165, 1.54) is 5.56 Å². The smallest absolute Gasteiger partial charge is 0.128 e. The highest BCUT2D eigenvalue weighted by Gasteiger charge is 2.12. The fraction of sp³-hybridized carbons (Fsp3) is 0.267. The maximum atomic E-state index is 6.12. The van der Waals surface area contributed by atoms with Gasteiger partial charge in [0.2, 0.25) is 0 Å². The predicted molar refractivity (Wildman–Crippen MR) is 74.1 cm³/mol. The number of benzene rings is 1. The molecule has 0 bridgehead atoms. The van der Waals surface area contributed by atoms with Crippen LogP contribution in [0.2, 0.25) is 0 Å². The van der Waals surface area contributed by atoms with Crippen molar-refractivity contribution < 1.29 is 0 Å². The maximum Gasteiger partial charge on any atom is 0.128 e. The van der Waals surface area contributed by atoms with E-state index in [0.717, 1.165) is 24.4 Å². The van der Waals surface area contributed by atoms with Crippen LogP contribution in [0.1, 0.15) is 24.0 Å². The molecule has 0 aliphatic rings. The molecule has 0 atom stereocenters. The molecule has 92 valence electrons. The molecule has 1 heterocycles. The molecule has 1 aromatic carbocycles. The fourth-order valence-corrected chi connectivity index (χ4v) is 2.03. The summed E-state index contributed by atoms with van der Waals surface area (Å²) < 4.78 is 1.91. The van der Waals surface area contributed by atoms with Crippen LogP contribution < -0.4 is 5.73 Å². The minimum Gasteiger partial charge on any atom is -0.384 e. The summed E-state index contributed by atoms with van der Waals surface area (Å²) in [5, 5.41) is 0. The molecule has 1 aromatic heterocycles. The number of rotatable bonds is 4. The van der Waals surface area contributed by atoms with Crippen molar-refractivity contribution in [2.24, 2.45) is 0 Å². The third kappa shape index (κ3) is 2.38. The van der Waals surface area contributed by atoms with Crippen LogP contribution in [0, 0.1) is 12.3 Å². The Bertz CT molecular complexity index is 561. The van der Waals surface area contributed by atoms with Crippen LogP contribution >= 0.6 is 0 Å². The first kappa shape index (κ1) is 12.3. The maximum absolute atomic E-state index is 6.12. The third-order valence-corrected chi connectivity index (χ3v) is 2.94. The second-order valence-corrected chi connectivity index (χ2v) is 4.17. The molecule has 0 aliphatic heterocycles. The van der Waals surface area contributed by atoms with Gasteiger partial charge in [-0.05, 0) is 5.56 Å². The average molecular weight is 239 g/mol. The lowest BCUT2D eigenvalue weighted by molar-refractivity contribution is 0.769. The molecule has 3 nitrogen and oxygen atoms in total. The lowest BCUT2D eigenvalue weighted by Crippen LogP contribution is -2.06. The fourth-order valence-electron chi connectivity index (χ4n) is 2.03. The summed E-state index contributed by atoms with van der Waals surface area (Å²) in [5.41, 5.74) is 8.23. The molecular weight excluding hydrogens is 222 g/mol. The van der Waals surface area contributed by atoms with E-state index in [0.29, 0.717) is 12.4 Å². The zero-order chi connectivity index (χ0) is 13.0. The molecule has 2 N–H and O–H groups in total. The van der Waals surface area contributed by atoms with Crippen LogP contribution in [0.4, 0.5) is 5.82 Å². The highest BCUT2D eigenvalue weighted by Crippen LogP contribution is 2.18. The number of aromatic nitrogens is 2. The highest BCUT2D eigenvalue weighted by atomic mass is 15.1. The summed E-state index contributed by atoms with van der Waals surface area (Å²) in [6.45, 7) is 2.54. The Morgan fingerprint density at radius 2 is 2.06 bits per heavy atom. The van der Waals surface area contributed by atoms with Crippen LogP contribution in [-0.4, -0.2) is 9.55 Å². The first-order chi connectivity index (χ1) is 8.76. The molecule has 18 heavy (non-hydrogen) atoms. The number of nitrogens with two attached hydrogens (primary N) is 1. The van der Waals surface area contributed by atoms with Crippen molar-refractivity contribution in [2.45, 2.75) is 26.3 Å². The van der Waals surface area contributed by atoms with Crippen molar-refractivity contribution in [1.82, 2.24) is 9.55 Å². The van der Waals surface area contributed by atoms with Crippen LogP contribution in [0.15, 0.2) is 30.3 Å². The molecule has 0 aliphatic carbocycles. The van der Waals surface area contributed by atoms with E-state index in [4.69, 9.17) is 12.2 Å². The van der Waals surface area contributed by atoms with Crippen molar-refractivity contribution in [2.75, 3.05) is 5.73 Å². The topological polar surface area (TPSA) is 43.8 Å². The van der Waals surface area contributed by atoms with Gasteiger partial charge in [-0.2, -0.15) is 0 Å². The lowest BCUT2D eigenvalue weighted by Gasteiger charge is -2.04. The van der Waals surface area contributed by atoms with Gasteiger partial charge in [-0.15, -0.1) is 6.42 Å². The Morgan fingerprint density at radius 1 is 1.33 bits per heavy atom. The van der Waals surface area contributed by atoms with Crippen molar-refractivity contribution in [3.8, 4) is 12.3 Å². The number of hydrogen-bond acceptors (Lipinski definition) is 2. The summed E-state index contributed by atoms with van der Waals surface area (Å²) in [7, 11) is 0. The number of terminal acetylenes is 1. The summed E-state index contributed by atoms with van der Waals surface area (Å²) in [4.78, 5) is 4.58. The molecule has 0 fully saturated rings. The Balaban J connectivity index is 2.32. The third-order valence-electron chi connectivity index (χ3n) is 2.94. The van der Waals surface area contributed by atoms with Crippen LogP contribution in [-0.2, 0) is 19.4 Å². The first-order valence-electron chi connectivity index (χ1n) is 6.07. The van der Waals surface area contributed by atoms with Crippen molar-refractivity contribution in [1.29, 1.82) is 0 Å². The minimum absolute atomic E-state index is 0.483. The molecule has 0 unspecified atom stereocenters. The Labute approximate surface area is 108 Å². The Morgan fingerprint density at radius 3 is 2.67 bits per heavy atom. The quantitative estimate of drug-likeness (QED) is 0.832. The molecule has 2 rings (SSSR count). The van der Waals surface area contributed by atoms with Gasteiger partial charge in [0.05, 0.1) is 12.2 Å². The van der Waals surface area contributed by atoms with E-state index in [9.17, 15) is 0 Å². The van der Waals surface area contributed by atoms with Gasteiger partial charge < -0.3 is 10.3 Å². The molecule has 2 aromatic rings. The number of aryl methyl sites for hydroxylation is 1. The molecule has 0 spiro atoms. The summed E-state index contributed by atoms with van der Waals surface area (Å²) in [6, 6.07) is 10.2. The Kier molecular flexibility index (Phi) is 3.69. The van der Waals surface area contributed by atoms with Gasteiger partial charge in [0.25, 0.3) is 0 Å². The second-order valence-electron chi connectivity index (χ2n) is 4.17. The number of nitrogen functional groups attached to an aromatic ring is 1. The van der Waals surface area contributed by atoms with Crippen molar-refractivity contribution >= 4 is 5.82 Å². The van der Waals surface area contributed by atoms with Crippen LogP contribution in [0.5, 0.6) is 0 Å². The largest absolute Gasteiger partial charge is 0.384 e. The second kappa shape index (κ2) is 5.42. The number of imidazole rings is 1. The Hall–Kier alpha value is -2.21. The standard InChI is InChI=1S/C15H17N3/c1-3-10-18-14(4-2)17-13(15(18)16)11-12-8-6-5-7-9-12/h1,5-9H,4,10-11,16H2,2H3. The monoisotopic (exact) mass is 239 g/mol. The van der Waals surface area contributed by atoms with Crippen LogP contribution in [0.25, 0.3) is 0 Å². The highest BCUT2D eigenvalue weighted by molar-refractivity contribution is 5.41. The average Bonchev–Trinajstić information content (AvgIpc) is 2.69. The molecule has 3 heteroatoms. The molecule has 0 radical (unpaired) electrons. The summed E-state index contributed by atoms with van der Waals surface area (Å²) >= 11 is 0. The number of anilines is 1. The zero-order valence-corrected chi connectivity index (χ0v) is 10.6. The van der Waals surface area contributed by atoms with Gasteiger partial charge in [0.15, 0.2) is 0 Å². The zero-order valence-electron chi connectivity index (χ0n) is 10.6. The van der Waals surface area contributed by atoms with Gasteiger partial charge in [-0.1, -0.05) is 43.2 Å². The van der Waals surface area contributed by atoms with E-state index in [1.807, 2.05) is 22.8 Å². The van der Waals surface area contributed by atoms with Gasteiger partial charge in [0.1, 0.15) is 11.6 Å². The van der Waals surface area contributed by atoms with E-state index in [2.05, 4.69) is 30.0 Å². The predicted octanol–water partition coefficient (Wildman–Crippen LogP) is 2.25. The number of hydrogen-bond donors (Lipinski definition) is 1. The van der Waals surface area contributed by atoms with E-state index < -0.39 is 0 Å². The molecule has 0 amide bonds. The lowest BCUT2D eigenvalue weighted by atomic mass is 10.1. The molecule has 0 saturated heterocycles. The minimum atomic E-state index is 0.483. The van der Waals surface area contributed by atoms with Crippen molar-refractivity contribution in [3.63, 3.8) is 0 Å². The SMILES string of the molecule is C#CCn1c(CC)nc(Cc2ccccc2)c1N. The van der Waals surface area contributed by atoms with E-state index in [-0.39, 0.29) is 0 Å². The molecule has 0 saturated carbocycles. The van der Waals surface area contributed by atoms with E-state index >= 15 is 0 Å². The van der Waals surface area contributed by atoms with Gasteiger partial charge in [0, 0.05) is 12.8 Å². The van der Waals surface area contributed by atoms with Gasteiger partial charge in [-0.25, -0.2) is 4.98 Å².